The van der Waals surface area contributed by atoms with Gasteiger partial charge in [-0.2, -0.15) is 4.98 Å². The minimum Gasteiger partial charge on any atom is -0.472 e. The molecular weight excluding hydrogens is 546 g/mol. The molecule has 1 saturated heterocycles. The van der Waals surface area contributed by atoms with Crippen molar-refractivity contribution in [3.8, 4) is 17.1 Å². The molecule has 2 amide bonds. The predicted molar refractivity (Wildman–Crippen MR) is 153 cm³/mol. The van der Waals surface area contributed by atoms with Crippen molar-refractivity contribution in [2.45, 2.75) is 57.6 Å². The third-order valence-corrected chi connectivity index (χ3v) is 8.13. The Morgan fingerprint density at radius 3 is 2.46 bits per heavy atom. The molecule has 5 rings (SSSR count). The molecule has 0 saturated carbocycles. The van der Waals surface area contributed by atoms with Crippen molar-refractivity contribution in [2.75, 3.05) is 23.1 Å². The number of ether oxygens (including phenoxy) is 2. The lowest BCUT2D eigenvalue weighted by atomic mass is 9.95. The summed E-state index contributed by atoms with van der Waals surface area (Å²) in [7, 11) is -4.11. The molecule has 1 aromatic heterocycles. The number of anilines is 2. The van der Waals surface area contributed by atoms with Crippen molar-refractivity contribution in [1.82, 2.24) is 14.9 Å². The van der Waals surface area contributed by atoms with E-state index in [4.69, 9.17) is 9.47 Å². The van der Waals surface area contributed by atoms with E-state index in [-0.39, 0.29) is 35.7 Å². The molecule has 2 N–H and O–H groups in total. The van der Waals surface area contributed by atoms with Gasteiger partial charge in [0, 0.05) is 23.9 Å². The first-order chi connectivity index (χ1) is 19.3. The zero-order valence-corrected chi connectivity index (χ0v) is 24.4. The van der Waals surface area contributed by atoms with Crippen LogP contribution in [0, 0.1) is 19.8 Å². The molecule has 0 unspecified atom stereocenters. The van der Waals surface area contributed by atoms with E-state index in [1.54, 1.807) is 32.9 Å². The molecule has 0 aliphatic carbocycles. The number of amides is 2. The maximum Gasteiger partial charge on any atom is 0.410 e. The fourth-order valence-corrected chi connectivity index (χ4v) is 6.01. The number of hydrogen-bond acceptors (Lipinski definition) is 8. The fourth-order valence-electron chi connectivity index (χ4n) is 5.02. The Kier molecular flexibility index (Phi) is 7.37. The normalized spacial score (nSPS) is 20.1. The van der Waals surface area contributed by atoms with Gasteiger partial charge in [-0.3, -0.25) is 4.79 Å². The van der Waals surface area contributed by atoms with Gasteiger partial charge in [0.1, 0.15) is 11.7 Å². The minimum atomic E-state index is -4.11. The highest BCUT2D eigenvalue weighted by Gasteiger charge is 2.37. The summed E-state index contributed by atoms with van der Waals surface area (Å²) in [6.45, 7) is 9.47. The molecule has 2 aliphatic heterocycles. The summed E-state index contributed by atoms with van der Waals surface area (Å²) in [5, 5.41) is 2.79. The van der Waals surface area contributed by atoms with E-state index in [2.05, 4.69) is 20.0 Å². The first-order valence-electron chi connectivity index (χ1n) is 13.3. The smallest absolute Gasteiger partial charge is 0.410 e. The maximum atomic E-state index is 13.4. The predicted octanol–water partition coefficient (Wildman–Crippen LogP) is 4.52. The van der Waals surface area contributed by atoms with Crippen LogP contribution in [0.25, 0.3) is 11.3 Å². The summed E-state index contributed by atoms with van der Waals surface area (Å²) in [5.41, 5.74) is 2.75. The van der Waals surface area contributed by atoms with Crippen molar-refractivity contribution in [3.05, 3.63) is 59.7 Å². The molecule has 3 aromatic rings. The standard InChI is InChI=1S/C29H33N5O6S/c1-17-8-6-9-18(2)25(17)23-14-24-32-27(31-23)33-41(37,38)22-11-7-10-20(13-22)30-26(35)19-12-21(39-24)16-34(15-19)28(36)40-29(3,4)5/h6-11,13-14,19,21H,12,15-16H2,1-5H3,(H,30,35)(H,31,32,33)/t19-,21+/m0/s1. The highest BCUT2D eigenvalue weighted by Crippen LogP contribution is 2.32. The molecule has 12 heteroatoms. The summed E-state index contributed by atoms with van der Waals surface area (Å²) in [5.74, 6) is -1.08. The Hall–Kier alpha value is -4.19. The molecule has 6 bridgehead atoms. The van der Waals surface area contributed by atoms with Gasteiger partial charge in [0.05, 0.1) is 23.1 Å². The number of sulfonamides is 1. The van der Waals surface area contributed by atoms with Crippen molar-refractivity contribution in [2.24, 2.45) is 5.92 Å². The molecule has 2 aliphatic rings. The summed E-state index contributed by atoms with van der Waals surface area (Å²) >= 11 is 0. The zero-order valence-electron chi connectivity index (χ0n) is 23.6. The fraction of sp³-hybridized carbons (Fsp3) is 0.379. The monoisotopic (exact) mass is 579 g/mol. The largest absolute Gasteiger partial charge is 0.472 e. The molecule has 216 valence electrons. The first kappa shape index (κ1) is 28.3. The molecule has 2 atom stereocenters. The number of rotatable bonds is 1. The van der Waals surface area contributed by atoms with Gasteiger partial charge in [-0.1, -0.05) is 24.3 Å². The second-order valence-corrected chi connectivity index (χ2v) is 13.0. The van der Waals surface area contributed by atoms with Crippen LogP contribution < -0.4 is 14.8 Å². The highest BCUT2D eigenvalue weighted by molar-refractivity contribution is 7.92. The number of aryl methyl sites for hydroxylation is 2. The Balaban J connectivity index is 1.62. The van der Waals surface area contributed by atoms with Gasteiger partial charge in [0.15, 0.2) is 0 Å². The van der Waals surface area contributed by atoms with Crippen LogP contribution in [-0.4, -0.2) is 60.1 Å². The van der Waals surface area contributed by atoms with E-state index >= 15 is 0 Å². The van der Waals surface area contributed by atoms with E-state index < -0.39 is 33.7 Å². The second-order valence-electron chi connectivity index (χ2n) is 11.4. The van der Waals surface area contributed by atoms with Gasteiger partial charge in [-0.05, 0) is 70.4 Å². The highest BCUT2D eigenvalue weighted by atomic mass is 32.2. The number of piperidine rings is 1. The molecule has 11 nitrogen and oxygen atoms in total. The summed E-state index contributed by atoms with van der Waals surface area (Å²) in [4.78, 5) is 36.7. The van der Waals surface area contributed by atoms with Crippen LogP contribution in [0.4, 0.5) is 16.4 Å². The molecule has 3 heterocycles. The van der Waals surface area contributed by atoms with Crippen molar-refractivity contribution in [1.29, 1.82) is 0 Å². The summed E-state index contributed by atoms with van der Waals surface area (Å²) in [6.07, 6.45) is -0.889. The SMILES string of the molecule is Cc1cccc(C)c1-c1cc2nc(n1)NS(=O)(=O)c1cccc(c1)NC(=O)[C@H]1C[C@H](CN(C(=O)OC(C)(C)C)C1)O2. The van der Waals surface area contributed by atoms with Crippen molar-refractivity contribution < 1.29 is 27.5 Å². The molecule has 2 aromatic carbocycles. The molecule has 41 heavy (non-hydrogen) atoms. The van der Waals surface area contributed by atoms with Crippen LogP contribution in [0.5, 0.6) is 5.88 Å². The molecule has 1 fully saturated rings. The van der Waals surface area contributed by atoms with E-state index in [1.807, 2.05) is 32.0 Å². The average molecular weight is 580 g/mol. The van der Waals surface area contributed by atoms with Crippen LogP contribution >= 0.6 is 0 Å². The van der Waals surface area contributed by atoms with E-state index in [1.165, 1.54) is 23.1 Å². The molecule has 0 spiro atoms. The lowest BCUT2D eigenvalue weighted by Gasteiger charge is -2.37. The minimum absolute atomic E-state index is 0.0761. The number of nitrogens with one attached hydrogen (secondary N) is 2. The topological polar surface area (TPSA) is 140 Å². The first-order valence-corrected chi connectivity index (χ1v) is 14.8. The van der Waals surface area contributed by atoms with Crippen LogP contribution in [-0.2, 0) is 19.6 Å². The third kappa shape index (κ3) is 6.43. The number of benzene rings is 2. The van der Waals surface area contributed by atoms with Crippen molar-refractivity contribution >= 4 is 33.7 Å². The Morgan fingerprint density at radius 1 is 1.05 bits per heavy atom. The van der Waals surface area contributed by atoms with E-state index in [9.17, 15) is 18.0 Å². The zero-order chi connectivity index (χ0) is 29.5. The van der Waals surface area contributed by atoms with Gasteiger partial charge < -0.3 is 19.7 Å². The van der Waals surface area contributed by atoms with E-state index in [0.717, 1.165) is 16.7 Å². The maximum absolute atomic E-state index is 13.4. The van der Waals surface area contributed by atoms with Crippen LogP contribution in [0.15, 0.2) is 53.4 Å². The average Bonchev–Trinajstić information content (AvgIpc) is 2.87. The Labute approximate surface area is 239 Å². The van der Waals surface area contributed by atoms with Gasteiger partial charge in [0.25, 0.3) is 10.0 Å². The van der Waals surface area contributed by atoms with Gasteiger partial charge in [-0.15, -0.1) is 0 Å². The second kappa shape index (κ2) is 10.7. The Bertz CT molecular complexity index is 1600. The molecular formula is C29H33N5O6S. The van der Waals surface area contributed by atoms with Gasteiger partial charge in [0.2, 0.25) is 17.7 Å². The number of hydrogen-bond donors (Lipinski definition) is 2. The number of carbonyl (C=O) groups is 2. The van der Waals surface area contributed by atoms with Crippen LogP contribution in [0.2, 0.25) is 0 Å². The van der Waals surface area contributed by atoms with Crippen LogP contribution in [0.1, 0.15) is 38.3 Å². The number of fused-ring (bicyclic) bond motifs is 6. The summed E-state index contributed by atoms with van der Waals surface area (Å²) < 4.78 is 41.0. The number of carbonyl (C=O) groups excluding carboxylic acids is 2. The lowest BCUT2D eigenvalue weighted by Crippen LogP contribution is -2.52. The number of likely N-dealkylation sites (tertiary alicyclic amines) is 1. The van der Waals surface area contributed by atoms with Crippen molar-refractivity contribution in [3.63, 3.8) is 0 Å². The number of aromatic nitrogens is 2. The summed E-state index contributed by atoms with van der Waals surface area (Å²) in [6, 6.07) is 13.4. The quantitative estimate of drug-likeness (QED) is 0.429. The van der Waals surface area contributed by atoms with Gasteiger partial charge in [-0.25, -0.2) is 22.9 Å². The third-order valence-electron chi connectivity index (χ3n) is 6.80. The van der Waals surface area contributed by atoms with E-state index in [0.29, 0.717) is 17.8 Å². The number of nitrogens with zero attached hydrogens (tertiary/aromatic N) is 3. The van der Waals surface area contributed by atoms with Crippen LogP contribution in [0.3, 0.4) is 0 Å². The Morgan fingerprint density at radius 2 is 1.76 bits per heavy atom. The molecule has 0 radical (unpaired) electrons. The van der Waals surface area contributed by atoms with Gasteiger partial charge >= 0.3 is 6.09 Å². The lowest BCUT2D eigenvalue weighted by molar-refractivity contribution is -0.122.